The topological polar surface area (TPSA) is 101 Å². The van der Waals surface area contributed by atoms with Gasteiger partial charge in [-0.2, -0.15) is 0 Å². The van der Waals surface area contributed by atoms with Crippen LogP contribution in [0.15, 0.2) is 45.0 Å². The number of fused-ring (bicyclic) bond motifs is 1. The van der Waals surface area contributed by atoms with Gasteiger partial charge < -0.3 is 14.3 Å². The summed E-state index contributed by atoms with van der Waals surface area (Å²) in [5.74, 6) is -0.992. The fourth-order valence-corrected chi connectivity index (χ4v) is 4.00. The van der Waals surface area contributed by atoms with E-state index in [1.165, 1.54) is 23.7 Å². The van der Waals surface area contributed by atoms with E-state index in [4.69, 9.17) is 9.15 Å². The standard InChI is InChI=1S/C18H18N2O5S/c1-2-24-18(23)15-11-6-3-4-8-14(11)26-17(15)20-19-12(10-21)16(22)13-7-5-9-25-13/h5,7,9-10,21H,2-4,6,8H2,1H3/b12-10-,20-19?. The number of carbonyl (C=O) groups is 2. The highest BCUT2D eigenvalue weighted by molar-refractivity contribution is 7.16. The Morgan fingerprint density at radius 1 is 1.38 bits per heavy atom. The molecule has 8 heteroatoms. The third kappa shape index (κ3) is 3.60. The van der Waals surface area contributed by atoms with Gasteiger partial charge in [-0.3, -0.25) is 4.79 Å². The molecule has 2 aromatic heterocycles. The van der Waals surface area contributed by atoms with Crippen molar-refractivity contribution in [2.75, 3.05) is 6.61 Å². The maximum atomic E-state index is 12.4. The van der Waals surface area contributed by atoms with E-state index >= 15 is 0 Å². The Bertz CT molecular complexity index is 865. The van der Waals surface area contributed by atoms with Crippen LogP contribution in [0.3, 0.4) is 0 Å². The number of carbonyl (C=O) groups excluding carboxylic acids is 2. The summed E-state index contributed by atoms with van der Waals surface area (Å²) in [4.78, 5) is 25.7. The van der Waals surface area contributed by atoms with Gasteiger partial charge in [0.25, 0.3) is 5.78 Å². The molecule has 0 aliphatic heterocycles. The number of hydrogen-bond donors (Lipinski definition) is 1. The van der Waals surface area contributed by atoms with Crippen molar-refractivity contribution in [3.05, 3.63) is 52.1 Å². The quantitative estimate of drug-likeness (QED) is 0.258. The molecule has 0 saturated heterocycles. The summed E-state index contributed by atoms with van der Waals surface area (Å²) in [6.45, 7) is 2.01. The molecule has 0 bridgehead atoms. The number of aliphatic hydroxyl groups is 1. The third-order valence-electron chi connectivity index (χ3n) is 3.98. The number of aryl methyl sites for hydroxylation is 1. The molecule has 0 aromatic carbocycles. The number of ketones is 1. The number of aliphatic hydroxyl groups excluding tert-OH is 1. The molecule has 0 saturated carbocycles. The van der Waals surface area contributed by atoms with Crippen molar-refractivity contribution in [3.8, 4) is 0 Å². The van der Waals surface area contributed by atoms with Gasteiger partial charge in [0.05, 0.1) is 12.9 Å². The molecule has 0 radical (unpaired) electrons. The van der Waals surface area contributed by atoms with E-state index in [-0.39, 0.29) is 18.1 Å². The van der Waals surface area contributed by atoms with Gasteiger partial charge in [-0.05, 0) is 50.3 Å². The lowest BCUT2D eigenvalue weighted by atomic mass is 9.95. The molecule has 1 aliphatic carbocycles. The normalized spacial score (nSPS) is 14.4. The van der Waals surface area contributed by atoms with Crippen molar-refractivity contribution in [2.24, 2.45) is 10.2 Å². The molecule has 1 N–H and O–H groups in total. The summed E-state index contributed by atoms with van der Waals surface area (Å²) in [6.07, 6.45) is 5.67. The minimum absolute atomic E-state index is 0.0420. The third-order valence-corrected chi connectivity index (χ3v) is 5.16. The van der Waals surface area contributed by atoms with Crippen molar-refractivity contribution in [1.29, 1.82) is 0 Å². The zero-order valence-electron chi connectivity index (χ0n) is 14.2. The molecule has 7 nitrogen and oxygen atoms in total. The first-order valence-electron chi connectivity index (χ1n) is 8.31. The van der Waals surface area contributed by atoms with Crippen LogP contribution in [0.2, 0.25) is 0 Å². The van der Waals surface area contributed by atoms with Gasteiger partial charge in [0.2, 0.25) is 0 Å². The van der Waals surface area contributed by atoms with Gasteiger partial charge in [-0.1, -0.05) is 0 Å². The Balaban J connectivity index is 1.93. The number of furan rings is 1. The highest BCUT2D eigenvalue weighted by Gasteiger charge is 2.26. The van der Waals surface area contributed by atoms with E-state index < -0.39 is 11.8 Å². The second-order valence-electron chi connectivity index (χ2n) is 5.63. The molecule has 0 amide bonds. The highest BCUT2D eigenvalue weighted by Crippen LogP contribution is 2.40. The van der Waals surface area contributed by atoms with Crippen LogP contribution >= 0.6 is 11.3 Å². The zero-order chi connectivity index (χ0) is 18.5. The Labute approximate surface area is 154 Å². The van der Waals surface area contributed by atoms with E-state index in [0.717, 1.165) is 36.1 Å². The van der Waals surface area contributed by atoms with Crippen LogP contribution in [0.25, 0.3) is 0 Å². The lowest BCUT2D eigenvalue weighted by molar-refractivity contribution is 0.0526. The van der Waals surface area contributed by atoms with Crippen molar-refractivity contribution in [3.63, 3.8) is 0 Å². The SMILES string of the molecule is CCOC(=O)c1c(N=N/C(=C\O)C(=O)c2ccco2)sc2c1CCCC2. The predicted octanol–water partition coefficient (Wildman–Crippen LogP) is 4.76. The number of thiophene rings is 1. The van der Waals surface area contributed by atoms with E-state index in [9.17, 15) is 14.7 Å². The van der Waals surface area contributed by atoms with Crippen molar-refractivity contribution < 1.29 is 23.8 Å². The molecule has 26 heavy (non-hydrogen) atoms. The van der Waals surface area contributed by atoms with Crippen LogP contribution < -0.4 is 0 Å². The second kappa shape index (κ2) is 8.09. The number of esters is 1. The predicted molar refractivity (Wildman–Crippen MR) is 95.2 cm³/mol. The number of hydrogen-bond acceptors (Lipinski definition) is 8. The summed E-state index contributed by atoms with van der Waals surface area (Å²) in [6, 6.07) is 3.03. The van der Waals surface area contributed by atoms with Crippen molar-refractivity contribution >= 4 is 28.1 Å². The Hall–Kier alpha value is -2.74. The summed E-state index contributed by atoms with van der Waals surface area (Å²) in [5, 5.41) is 17.6. The van der Waals surface area contributed by atoms with E-state index in [1.807, 2.05) is 0 Å². The minimum atomic E-state index is -0.597. The molecule has 2 heterocycles. The number of rotatable bonds is 6. The van der Waals surface area contributed by atoms with Crippen LogP contribution in [0.4, 0.5) is 5.00 Å². The second-order valence-corrected chi connectivity index (χ2v) is 6.72. The maximum Gasteiger partial charge on any atom is 0.341 e. The summed E-state index contributed by atoms with van der Waals surface area (Å²) < 4.78 is 10.2. The van der Waals surface area contributed by atoms with Gasteiger partial charge in [0.1, 0.15) is 11.8 Å². The molecule has 0 fully saturated rings. The van der Waals surface area contributed by atoms with Gasteiger partial charge in [0.15, 0.2) is 16.5 Å². The molecule has 1 aliphatic rings. The molecule has 136 valence electrons. The summed E-state index contributed by atoms with van der Waals surface area (Å²) in [5.41, 5.74) is 1.10. The van der Waals surface area contributed by atoms with E-state index in [0.29, 0.717) is 16.8 Å². The number of Topliss-reactive ketones (excluding diaryl/α,β-unsaturated/α-hetero) is 1. The number of azo groups is 1. The fraction of sp³-hybridized carbons (Fsp3) is 0.333. The van der Waals surface area contributed by atoms with Crippen molar-refractivity contribution in [2.45, 2.75) is 32.6 Å². The van der Waals surface area contributed by atoms with Gasteiger partial charge in [-0.15, -0.1) is 21.6 Å². The molecule has 3 rings (SSSR count). The Kier molecular flexibility index (Phi) is 5.62. The molecule has 0 atom stereocenters. The van der Waals surface area contributed by atoms with Gasteiger partial charge >= 0.3 is 5.97 Å². The van der Waals surface area contributed by atoms with E-state index in [2.05, 4.69) is 10.2 Å². The van der Waals surface area contributed by atoms with Crippen LogP contribution in [-0.2, 0) is 17.6 Å². The number of nitrogens with zero attached hydrogens (tertiary/aromatic N) is 2. The first-order chi connectivity index (χ1) is 12.7. The van der Waals surface area contributed by atoms with Crippen molar-refractivity contribution in [1.82, 2.24) is 0 Å². The van der Waals surface area contributed by atoms with Gasteiger partial charge in [-0.25, -0.2) is 4.79 Å². The first-order valence-corrected chi connectivity index (χ1v) is 9.13. The zero-order valence-corrected chi connectivity index (χ0v) is 15.0. The molecule has 0 spiro atoms. The van der Waals surface area contributed by atoms with Crippen LogP contribution in [0.5, 0.6) is 0 Å². The molecule has 0 unspecified atom stereocenters. The highest BCUT2D eigenvalue weighted by atomic mass is 32.1. The van der Waals surface area contributed by atoms with E-state index in [1.54, 1.807) is 13.0 Å². The minimum Gasteiger partial charge on any atom is -0.513 e. The molecule has 2 aromatic rings. The van der Waals surface area contributed by atoms with Gasteiger partial charge in [0, 0.05) is 4.88 Å². The Morgan fingerprint density at radius 2 is 2.19 bits per heavy atom. The average Bonchev–Trinajstić information content (AvgIpc) is 3.30. The Morgan fingerprint density at radius 3 is 2.88 bits per heavy atom. The first kappa shape index (κ1) is 18.1. The average molecular weight is 374 g/mol. The number of allylic oxidation sites excluding steroid dienone is 1. The number of ether oxygens (including phenoxy) is 1. The molecular weight excluding hydrogens is 356 g/mol. The lowest BCUT2D eigenvalue weighted by Gasteiger charge is -2.11. The smallest absolute Gasteiger partial charge is 0.341 e. The lowest BCUT2D eigenvalue weighted by Crippen LogP contribution is -2.09. The summed E-state index contributed by atoms with van der Waals surface area (Å²) >= 11 is 1.37. The van der Waals surface area contributed by atoms with Crippen LogP contribution in [0.1, 0.15) is 51.1 Å². The fourth-order valence-electron chi connectivity index (χ4n) is 2.80. The maximum absolute atomic E-state index is 12.4. The summed E-state index contributed by atoms with van der Waals surface area (Å²) in [7, 11) is 0. The molecular formula is C18H18N2O5S. The van der Waals surface area contributed by atoms with Crippen LogP contribution in [0, 0.1) is 0 Å². The largest absolute Gasteiger partial charge is 0.513 e. The van der Waals surface area contributed by atoms with Crippen LogP contribution in [-0.4, -0.2) is 23.5 Å². The monoisotopic (exact) mass is 374 g/mol.